The first kappa shape index (κ1) is 29.8. The molecule has 0 aliphatic rings. The van der Waals surface area contributed by atoms with Crippen LogP contribution in [0.4, 0.5) is 4.79 Å². The first-order chi connectivity index (χ1) is 15.8. The maximum atomic E-state index is 13.8. The minimum Gasteiger partial charge on any atom is -0.444 e. The highest BCUT2D eigenvalue weighted by molar-refractivity contribution is 7.80. The first-order valence-electron chi connectivity index (χ1n) is 12.1. The van der Waals surface area contributed by atoms with Gasteiger partial charge in [-0.25, -0.2) is 4.79 Å². The third kappa shape index (κ3) is 9.57. The number of alkyl carbamates (subject to hydrolysis) is 1. The fourth-order valence-electron chi connectivity index (χ4n) is 3.60. The molecule has 0 radical (unpaired) electrons. The van der Waals surface area contributed by atoms with Crippen molar-refractivity contribution < 1.29 is 19.1 Å². The van der Waals surface area contributed by atoms with Crippen molar-refractivity contribution in [2.75, 3.05) is 12.3 Å². The van der Waals surface area contributed by atoms with Crippen LogP contribution in [0.2, 0.25) is 0 Å². The van der Waals surface area contributed by atoms with Gasteiger partial charge in [0.05, 0.1) is 0 Å². The van der Waals surface area contributed by atoms with E-state index in [9.17, 15) is 14.4 Å². The van der Waals surface area contributed by atoms with Crippen molar-refractivity contribution in [2.24, 2.45) is 0 Å². The molecule has 0 spiro atoms. The Bertz CT molecular complexity index is 836. The highest BCUT2D eigenvalue weighted by Crippen LogP contribution is 2.27. The normalized spacial score (nSPS) is 13.2. The monoisotopic (exact) mass is 493 g/mol. The SMILES string of the molecule is CCCCCN(C(=O)C(CS)NC(=O)OC(C)(C)C)C(C(=O)NC(C)C)c1cc(C)ccc1C. The molecule has 0 heterocycles. The number of amides is 3. The number of carbonyl (C=O) groups excluding carboxylic acids is 3. The zero-order chi connectivity index (χ0) is 26.1. The molecule has 0 bridgehead atoms. The van der Waals surface area contributed by atoms with E-state index >= 15 is 0 Å². The molecule has 0 aliphatic heterocycles. The van der Waals surface area contributed by atoms with Gasteiger partial charge in [0.25, 0.3) is 0 Å². The second-order valence-corrected chi connectivity index (χ2v) is 10.4. The molecule has 0 aromatic heterocycles. The van der Waals surface area contributed by atoms with Gasteiger partial charge in [0.1, 0.15) is 17.7 Å². The Balaban J connectivity index is 3.45. The van der Waals surface area contributed by atoms with Gasteiger partial charge < -0.3 is 20.3 Å². The standard InChI is InChI=1S/C26H43N3O4S/c1-9-10-11-14-29(24(31)21(16-34)28-25(32)33-26(6,7)8)22(23(30)27-17(2)3)20-15-18(4)12-13-19(20)5/h12-13,15,17,21-22,34H,9-11,14,16H2,1-8H3,(H,27,30)(H,28,32). The van der Waals surface area contributed by atoms with Crippen molar-refractivity contribution >= 4 is 30.5 Å². The molecule has 34 heavy (non-hydrogen) atoms. The zero-order valence-electron chi connectivity index (χ0n) is 22.0. The van der Waals surface area contributed by atoms with Crippen LogP contribution >= 0.6 is 12.6 Å². The minimum absolute atomic E-state index is 0.0771. The number of benzene rings is 1. The lowest BCUT2D eigenvalue weighted by Crippen LogP contribution is -2.54. The van der Waals surface area contributed by atoms with Crippen molar-refractivity contribution in [3.8, 4) is 0 Å². The number of nitrogens with zero attached hydrogens (tertiary/aromatic N) is 1. The number of aryl methyl sites for hydroxylation is 2. The summed E-state index contributed by atoms with van der Waals surface area (Å²) in [5, 5.41) is 5.62. The van der Waals surface area contributed by atoms with Crippen LogP contribution < -0.4 is 10.6 Å². The van der Waals surface area contributed by atoms with Gasteiger partial charge in [0, 0.05) is 18.3 Å². The molecule has 0 fully saturated rings. The summed E-state index contributed by atoms with van der Waals surface area (Å²) < 4.78 is 5.34. The lowest BCUT2D eigenvalue weighted by molar-refractivity contribution is -0.142. The van der Waals surface area contributed by atoms with Crippen LogP contribution in [0.1, 0.15) is 83.5 Å². The van der Waals surface area contributed by atoms with Crippen LogP contribution in [-0.4, -0.2) is 52.8 Å². The van der Waals surface area contributed by atoms with Gasteiger partial charge in [-0.05, 0) is 66.0 Å². The summed E-state index contributed by atoms with van der Waals surface area (Å²) in [5.41, 5.74) is 2.00. The van der Waals surface area contributed by atoms with Crippen LogP contribution in [-0.2, 0) is 14.3 Å². The number of unbranched alkanes of at least 4 members (excludes halogenated alkanes) is 2. The van der Waals surface area contributed by atoms with E-state index in [1.54, 1.807) is 25.7 Å². The predicted molar refractivity (Wildman–Crippen MR) is 140 cm³/mol. The quantitative estimate of drug-likeness (QED) is 0.308. The Morgan fingerprint density at radius 1 is 1.09 bits per heavy atom. The summed E-state index contributed by atoms with van der Waals surface area (Å²) in [4.78, 5) is 41.3. The maximum absolute atomic E-state index is 13.8. The van der Waals surface area contributed by atoms with Gasteiger partial charge >= 0.3 is 6.09 Å². The molecule has 192 valence electrons. The van der Waals surface area contributed by atoms with E-state index < -0.39 is 23.8 Å². The van der Waals surface area contributed by atoms with Crippen LogP contribution in [0.15, 0.2) is 18.2 Å². The molecule has 3 amide bonds. The number of rotatable bonds is 11. The van der Waals surface area contributed by atoms with E-state index in [0.29, 0.717) is 6.54 Å². The zero-order valence-corrected chi connectivity index (χ0v) is 22.9. The number of hydrogen-bond acceptors (Lipinski definition) is 5. The molecule has 2 N–H and O–H groups in total. The molecule has 1 aromatic carbocycles. The van der Waals surface area contributed by atoms with E-state index in [4.69, 9.17) is 4.74 Å². The van der Waals surface area contributed by atoms with Crippen LogP contribution in [0.5, 0.6) is 0 Å². The molecule has 1 aromatic rings. The molecule has 0 saturated carbocycles. The number of carbonyl (C=O) groups is 3. The van der Waals surface area contributed by atoms with E-state index in [2.05, 4.69) is 30.2 Å². The van der Waals surface area contributed by atoms with Gasteiger partial charge in [-0.2, -0.15) is 12.6 Å². The van der Waals surface area contributed by atoms with Crippen molar-refractivity contribution in [1.29, 1.82) is 0 Å². The summed E-state index contributed by atoms with van der Waals surface area (Å²) in [6.07, 6.45) is 1.94. The second kappa shape index (κ2) is 13.6. The lowest BCUT2D eigenvalue weighted by atomic mass is 9.95. The molecule has 2 unspecified atom stereocenters. The van der Waals surface area contributed by atoms with Crippen LogP contribution in [0.25, 0.3) is 0 Å². The predicted octanol–water partition coefficient (Wildman–Crippen LogP) is 4.71. The molecular weight excluding hydrogens is 450 g/mol. The highest BCUT2D eigenvalue weighted by Gasteiger charge is 2.36. The average molecular weight is 494 g/mol. The van der Waals surface area contributed by atoms with Crippen LogP contribution in [0.3, 0.4) is 0 Å². The van der Waals surface area contributed by atoms with E-state index in [-0.39, 0.29) is 23.6 Å². The maximum Gasteiger partial charge on any atom is 0.408 e. The third-order valence-electron chi connectivity index (χ3n) is 5.18. The molecule has 7 nitrogen and oxygen atoms in total. The molecule has 8 heteroatoms. The van der Waals surface area contributed by atoms with E-state index in [1.165, 1.54) is 0 Å². The van der Waals surface area contributed by atoms with Crippen molar-refractivity contribution in [3.63, 3.8) is 0 Å². The number of nitrogens with one attached hydrogen (secondary N) is 2. The minimum atomic E-state index is -0.931. The Morgan fingerprint density at radius 2 is 1.74 bits per heavy atom. The summed E-state index contributed by atoms with van der Waals surface area (Å²) >= 11 is 4.33. The summed E-state index contributed by atoms with van der Waals surface area (Å²) in [5.74, 6) is -0.529. The fourth-order valence-corrected chi connectivity index (χ4v) is 3.85. The molecule has 1 rings (SSSR count). The summed E-state index contributed by atoms with van der Waals surface area (Å²) in [7, 11) is 0. The molecule has 0 saturated heterocycles. The molecular formula is C26H43N3O4S. The van der Waals surface area contributed by atoms with Crippen molar-refractivity contribution in [2.45, 2.75) is 98.4 Å². The largest absolute Gasteiger partial charge is 0.444 e. The number of ether oxygens (including phenoxy) is 1. The Hall–Kier alpha value is -2.22. The Morgan fingerprint density at radius 3 is 2.26 bits per heavy atom. The first-order valence-corrected chi connectivity index (χ1v) is 12.7. The Labute approximate surface area is 210 Å². The lowest BCUT2D eigenvalue weighted by Gasteiger charge is -2.35. The van der Waals surface area contributed by atoms with Crippen molar-refractivity contribution in [3.05, 3.63) is 34.9 Å². The average Bonchev–Trinajstić information content (AvgIpc) is 2.71. The van der Waals surface area contributed by atoms with Gasteiger partial charge in [-0.1, -0.05) is 43.5 Å². The van der Waals surface area contributed by atoms with Gasteiger partial charge in [-0.3, -0.25) is 9.59 Å². The molecule has 2 atom stereocenters. The van der Waals surface area contributed by atoms with Crippen molar-refractivity contribution in [1.82, 2.24) is 15.5 Å². The van der Waals surface area contributed by atoms with Crippen LogP contribution in [0, 0.1) is 13.8 Å². The fraction of sp³-hybridized carbons (Fsp3) is 0.654. The summed E-state index contributed by atoms with van der Waals surface area (Å²) in [6.45, 7) is 15.4. The Kier molecular flexibility index (Phi) is 11.9. The second-order valence-electron chi connectivity index (χ2n) is 10.0. The third-order valence-corrected chi connectivity index (χ3v) is 5.54. The van der Waals surface area contributed by atoms with E-state index in [0.717, 1.165) is 36.0 Å². The number of thiol groups is 1. The number of hydrogen-bond donors (Lipinski definition) is 3. The van der Waals surface area contributed by atoms with E-state index in [1.807, 2.05) is 45.9 Å². The van der Waals surface area contributed by atoms with Gasteiger partial charge in [0.2, 0.25) is 11.8 Å². The summed E-state index contributed by atoms with van der Waals surface area (Å²) in [6, 6.07) is 4.06. The molecule has 0 aliphatic carbocycles. The highest BCUT2D eigenvalue weighted by atomic mass is 32.1. The smallest absolute Gasteiger partial charge is 0.408 e. The van der Waals surface area contributed by atoms with Gasteiger partial charge in [-0.15, -0.1) is 0 Å². The topological polar surface area (TPSA) is 87.7 Å². The van der Waals surface area contributed by atoms with Gasteiger partial charge in [0.15, 0.2) is 0 Å².